The predicted molar refractivity (Wildman–Crippen MR) is 125 cm³/mol. The van der Waals surface area contributed by atoms with Gasteiger partial charge in [-0.05, 0) is 49.9 Å². The van der Waals surface area contributed by atoms with Crippen molar-refractivity contribution in [3.05, 3.63) is 34.7 Å². The minimum absolute atomic E-state index is 0.0161. The van der Waals surface area contributed by atoms with Crippen LogP contribution in [-0.4, -0.2) is 64.9 Å². The average molecular weight is 496 g/mol. The van der Waals surface area contributed by atoms with E-state index in [-0.39, 0.29) is 28.3 Å². The standard InChI is InChI=1S/C21H29N5O5S2/c27-19(15-32-21-24-23-20(28)26(21)14-17-6-5-13-31-17)22-16-7-9-18(10-8-16)33(29,30)25-11-3-1-2-4-12-25/h7-10,17H,1-6,11-15H2,(H,22,27)(H,23,28). The lowest BCUT2D eigenvalue weighted by molar-refractivity contribution is -0.113. The highest BCUT2D eigenvalue weighted by Crippen LogP contribution is 2.22. The van der Waals surface area contributed by atoms with E-state index in [1.54, 1.807) is 16.4 Å². The number of hydrogen-bond donors (Lipinski definition) is 2. The van der Waals surface area contributed by atoms with Crippen LogP contribution in [0.25, 0.3) is 0 Å². The van der Waals surface area contributed by atoms with Gasteiger partial charge in [-0.25, -0.2) is 18.3 Å². The number of hydrogen-bond acceptors (Lipinski definition) is 7. The largest absolute Gasteiger partial charge is 0.376 e. The van der Waals surface area contributed by atoms with Crippen LogP contribution in [0.15, 0.2) is 39.1 Å². The van der Waals surface area contributed by atoms with E-state index in [0.717, 1.165) is 50.3 Å². The SMILES string of the molecule is O=C(CSc1n[nH]c(=O)n1CC1CCCO1)Nc1ccc(S(=O)(=O)N2CCCCCC2)cc1. The monoisotopic (exact) mass is 495 g/mol. The van der Waals surface area contributed by atoms with Crippen LogP contribution in [0.4, 0.5) is 5.69 Å². The maximum atomic E-state index is 12.9. The fraction of sp³-hybridized carbons (Fsp3) is 0.571. The molecule has 33 heavy (non-hydrogen) atoms. The van der Waals surface area contributed by atoms with Crippen LogP contribution in [0.2, 0.25) is 0 Å². The maximum absolute atomic E-state index is 12.9. The van der Waals surface area contributed by atoms with Crippen molar-refractivity contribution in [3.8, 4) is 0 Å². The van der Waals surface area contributed by atoms with Crippen molar-refractivity contribution in [2.75, 3.05) is 30.8 Å². The van der Waals surface area contributed by atoms with Crippen LogP contribution >= 0.6 is 11.8 Å². The molecule has 2 aliphatic rings. The van der Waals surface area contributed by atoms with E-state index in [9.17, 15) is 18.0 Å². The van der Waals surface area contributed by atoms with Gasteiger partial charge in [0.25, 0.3) is 0 Å². The number of anilines is 1. The molecule has 10 nitrogen and oxygen atoms in total. The summed E-state index contributed by atoms with van der Waals surface area (Å²) in [6, 6.07) is 6.23. The number of aromatic nitrogens is 3. The first-order valence-corrected chi connectivity index (χ1v) is 13.7. The number of thioether (sulfide) groups is 1. The summed E-state index contributed by atoms with van der Waals surface area (Å²) in [6.07, 6.45) is 5.71. The third kappa shape index (κ3) is 6.05. The molecule has 180 valence electrons. The first kappa shape index (κ1) is 24.0. The molecular formula is C21H29N5O5S2. The van der Waals surface area contributed by atoms with Crippen molar-refractivity contribution in [2.24, 2.45) is 0 Å². The number of H-pyrrole nitrogens is 1. The molecule has 1 unspecified atom stereocenters. The third-order valence-electron chi connectivity index (χ3n) is 5.81. The molecule has 3 heterocycles. The number of nitrogens with zero attached hydrogens (tertiary/aromatic N) is 3. The fourth-order valence-electron chi connectivity index (χ4n) is 4.03. The molecule has 0 aliphatic carbocycles. The van der Waals surface area contributed by atoms with Gasteiger partial charge in [0.2, 0.25) is 15.9 Å². The minimum atomic E-state index is -3.53. The van der Waals surface area contributed by atoms with Gasteiger partial charge in [-0.3, -0.25) is 9.36 Å². The fourth-order valence-corrected chi connectivity index (χ4v) is 6.31. The van der Waals surface area contributed by atoms with Gasteiger partial charge in [-0.1, -0.05) is 24.6 Å². The normalized spacial score (nSPS) is 19.9. The Hall–Kier alpha value is -2.15. The van der Waals surface area contributed by atoms with Crippen molar-refractivity contribution in [2.45, 2.75) is 61.2 Å². The number of amides is 1. The highest BCUT2D eigenvalue weighted by Gasteiger charge is 2.25. The Kier molecular flexibility index (Phi) is 7.89. The topological polar surface area (TPSA) is 126 Å². The molecule has 0 spiro atoms. The van der Waals surface area contributed by atoms with Crippen LogP contribution < -0.4 is 11.0 Å². The lowest BCUT2D eigenvalue weighted by Crippen LogP contribution is -2.31. The Morgan fingerprint density at radius 1 is 1.15 bits per heavy atom. The van der Waals surface area contributed by atoms with E-state index in [1.807, 2.05) is 0 Å². The van der Waals surface area contributed by atoms with Gasteiger partial charge in [0.15, 0.2) is 5.16 Å². The number of rotatable bonds is 8. The van der Waals surface area contributed by atoms with Crippen LogP contribution in [0, 0.1) is 0 Å². The Balaban J connectivity index is 1.32. The minimum Gasteiger partial charge on any atom is -0.376 e. The van der Waals surface area contributed by atoms with Gasteiger partial charge < -0.3 is 10.1 Å². The Labute approximate surface area is 197 Å². The van der Waals surface area contributed by atoms with E-state index in [4.69, 9.17) is 4.74 Å². The molecule has 2 aromatic rings. The smallest absolute Gasteiger partial charge is 0.344 e. The van der Waals surface area contributed by atoms with Crippen LogP contribution in [0.1, 0.15) is 38.5 Å². The summed E-state index contributed by atoms with van der Waals surface area (Å²) in [7, 11) is -3.53. The van der Waals surface area contributed by atoms with Crippen LogP contribution in [-0.2, 0) is 26.1 Å². The second-order valence-corrected chi connectivity index (χ2v) is 11.1. The lowest BCUT2D eigenvalue weighted by Gasteiger charge is -2.20. The summed E-state index contributed by atoms with van der Waals surface area (Å²) in [4.78, 5) is 24.7. The molecule has 1 aromatic heterocycles. The predicted octanol–water partition coefficient (Wildman–Crippen LogP) is 2.05. The van der Waals surface area contributed by atoms with Crippen molar-refractivity contribution >= 4 is 33.4 Å². The van der Waals surface area contributed by atoms with E-state index >= 15 is 0 Å². The average Bonchev–Trinajstić information content (AvgIpc) is 3.33. The summed E-state index contributed by atoms with van der Waals surface area (Å²) in [5.41, 5.74) is 0.184. The quantitative estimate of drug-likeness (QED) is 0.537. The summed E-state index contributed by atoms with van der Waals surface area (Å²) in [5, 5.41) is 9.63. The van der Waals surface area contributed by atoms with Gasteiger partial charge in [-0.2, -0.15) is 4.31 Å². The summed E-state index contributed by atoms with van der Waals surface area (Å²) in [6.45, 7) is 2.19. The second kappa shape index (κ2) is 10.9. The van der Waals surface area contributed by atoms with Gasteiger partial charge in [-0.15, -0.1) is 5.10 Å². The van der Waals surface area contributed by atoms with Gasteiger partial charge in [0, 0.05) is 25.4 Å². The number of aromatic amines is 1. The molecule has 1 amide bonds. The molecule has 2 aliphatic heterocycles. The van der Waals surface area contributed by atoms with Gasteiger partial charge >= 0.3 is 5.69 Å². The molecule has 1 atom stereocenters. The number of carbonyl (C=O) groups excluding carboxylic acids is 1. The maximum Gasteiger partial charge on any atom is 0.344 e. The Morgan fingerprint density at radius 2 is 1.88 bits per heavy atom. The molecule has 0 saturated carbocycles. The van der Waals surface area contributed by atoms with Crippen molar-refractivity contribution in [1.82, 2.24) is 19.1 Å². The van der Waals surface area contributed by atoms with E-state index in [1.165, 1.54) is 16.7 Å². The van der Waals surface area contributed by atoms with Crippen molar-refractivity contribution < 1.29 is 17.9 Å². The van der Waals surface area contributed by atoms with Gasteiger partial charge in [0.05, 0.1) is 23.3 Å². The molecule has 0 bridgehead atoms. The molecular weight excluding hydrogens is 466 g/mol. The highest BCUT2D eigenvalue weighted by atomic mass is 32.2. The van der Waals surface area contributed by atoms with E-state index in [0.29, 0.717) is 37.1 Å². The molecule has 4 rings (SSSR count). The van der Waals surface area contributed by atoms with Crippen LogP contribution in [0.5, 0.6) is 0 Å². The van der Waals surface area contributed by atoms with E-state index in [2.05, 4.69) is 15.5 Å². The number of carbonyl (C=O) groups is 1. The molecule has 2 fully saturated rings. The molecule has 0 radical (unpaired) electrons. The first-order chi connectivity index (χ1) is 15.9. The summed E-state index contributed by atoms with van der Waals surface area (Å²) in [5.74, 6) is -0.217. The third-order valence-corrected chi connectivity index (χ3v) is 8.70. The van der Waals surface area contributed by atoms with Crippen molar-refractivity contribution in [1.29, 1.82) is 0 Å². The molecule has 2 saturated heterocycles. The molecule has 1 aromatic carbocycles. The van der Waals surface area contributed by atoms with Crippen LogP contribution in [0.3, 0.4) is 0 Å². The number of benzene rings is 1. The van der Waals surface area contributed by atoms with Crippen molar-refractivity contribution in [3.63, 3.8) is 0 Å². The summed E-state index contributed by atoms with van der Waals surface area (Å²) >= 11 is 1.16. The number of ether oxygens (including phenoxy) is 1. The lowest BCUT2D eigenvalue weighted by atomic mass is 10.2. The first-order valence-electron chi connectivity index (χ1n) is 11.2. The zero-order chi connectivity index (χ0) is 23.3. The Morgan fingerprint density at radius 3 is 2.55 bits per heavy atom. The zero-order valence-electron chi connectivity index (χ0n) is 18.4. The second-order valence-electron chi connectivity index (χ2n) is 8.24. The highest BCUT2D eigenvalue weighted by molar-refractivity contribution is 7.99. The summed E-state index contributed by atoms with van der Waals surface area (Å²) < 4.78 is 34.4. The van der Waals surface area contributed by atoms with Gasteiger partial charge in [0.1, 0.15) is 0 Å². The number of sulfonamides is 1. The molecule has 12 heteroatoms. The van der Waals surface area contributed by atoms with E-state index < -0.39 is 10.0 Å². The Bertz CT molecular complexity index is 1100. The zero-order valence-corrected chi connectivity index (χ0v) is 20.0. The number of nitrogens with one attached hydrogen (secondary N) is 2. The molecule has 2 N–H and O–H groups in total.